The van der Waals surface area contributed by atoms with E-state index >= 15 is 0 Å². The molecule has 0 radical (unpaired) electrons. The van der Waals surface area contributed by atoms with Crippen LogP contribution in [0.2, 0.25) is 0 Å². The zero-order chi connectivity index (χ0) is 15.3. The highest BCUT2D eigenvalue weighted by atomic mass is 16.5. The van der Waals surface area contributed by atoms with Gasteiger partial charge in [-0.25, -0.2) is 4.79 Å². The lowest BCUT2D eigenvalue weighted by molar-refractivity contribution is 0.0696. The van der Waals surface area contributed by atoms with Gasteiger partial charge in [0.1, 0.15) is 5.75 Å². The number of ether oxygens (including phenoxy) is 1. The number of aromatic carboxylic acids is 1. The van der Waals surface area contributed by atoms with E-state index in [9.17, 15) is 9.59 Å². The number of rotatable bonds is 6. The van der Waals surface area contributed by atoms with E-state index in [1.54, 1.807) is 0 Å². The first-order chi connectivity index (χ1) is 9.29. The number of amides is 1. The lowest BCUT2D eigenvalue weighted by Gasteiger charge is -2.21. The van der Waals surface area contributed by atoms with Crippen LogP contribution in [0.25, 0.3) is 0 Å². The summed E-state index contributed by atoms with van der Waals surface area (Å²) >= 11 is 0. The van der Waals surface area contributed by atoms with Gasteiger partial charge in [-0.1, -0.05) is 13.8 Å². The van der Waals surface area contributed by atoms with Crippen LogP contribution in [-0.4, -0.2) is 42.4 Å². The number of hydrogen-bond acceptors (Lipinski definition) is 4. The van der Waals surface area contributed by atoms with Crippen LogP contribution in [0.1, 0.15) is 34.6 Å². The average Bonchev–Trinajstić information content (AvgIpc) is 2.44. The van der Waals surface area contributed by atoms with Gasteiger partial charge in [0, 0.05) is 24.1 Å². The van der Waals surface area contributed by atoms with Crippen LogP contribution < -0.4 is 10.1 Å². The van der Waals surface area contributed by atoms with Gasteiger partial charge in [-0.3, -0.25) is 4.79 Å². The standard InChI is InChI=1S/C14H19NO5/c1-14(2,8-16)7-15-12(17)9-4-10(13(18)19)6-11(5-9)20-3/h4-6,16H,7-8H2,1-3H3,(H,15,17)(H,18,19). The molecule has 0 unspecified atom stereocenters. The smallest absolute Gasteiger partial charge is 0.335 e. The lowest BCUT2D eigenvalue weighted by atomic mass is 9.95. The third kappa shape index (κ3) is 4.24. The summed E-state index contributed by atoms with van der Waals surface area (Å²) in [4.78, 5) is 23.0. The fourth-order valence-electron chi connectivity index (χ4n) is 1.45. The molecule has 0 saturated heterocycles. The number of benzene rings is 1. The van der Waals surface area contributed by atoms with Gasteiger partial charge in [-0.05, 0) is 18.2 Å². The van der Waals surface area contributed by atoms with E-state index in [1.807, 2.05) is 13.8 Å². The second-order valence-electron chi connectivity index (χ2n) is 5.26. The number of carboxylic acids is 1. The molecule has 0 heterocycles. The fraction of sp³-hybridized carbons (Fsp3) is 0.429. The maximum absolute atomic E-state index is 12.0. The largest absolute Gasteiger partial charge is 0.497 e. The number of carboxylic acid groups (broad SMARTS) is 1. The quantitative estimate of drug-likeness (QED) is 0.726. The Balaban J connectivity index is 2.92. The summed E-state index contributed by atoms with van der Waals surface area (Å²) in [5.74, 6) is -1.24. The number of aliphatic hydroxyl groups is 1. The zero-order valence-corrected chi connectivity index (χ0v) is 11.8. The van der Waals surface area contributed by atoms with Crippen molar-refractivity contribution in [3.63, 3.8) is 0 Å². The molecule has 6 nitrogen and oxygen atoms in total. The number of carbonyl (C=O) groups is 2. The Morgan fingerprint density at radius 3 is 2.35 bits per heavy atom. The van der Waals surface area contributed by atoms with Gasteiger partial charge in [0.2, 0.25) is 0 Å². The predicted octanol–water partition coefficient (Wildman–Crippen LogP) is 1.14. The molecule has 0 aliphatic carbocycles. The second-order valence-corrected chi connectivity index (χ2v) is 5.26. The Morgan fingerprint density at radius 2 is 1.85 bits per heavy atom. The summed E-state index contributed by atoms with van der Waals surface area (Å²) < 4.78 is 4.98. The van der Waals surface area contributed by atoms with E-state index in [0.717, 1.165) is 0 Å². The zero-order valence-electron chi connectivity index (χ0n) is 11.8. The van der Waals surface area contributed by atoms with Crippen LogP contribution in [0.5, 0.6) is 5.75 Å². The topological polar surface area (TPSA) is 95.9 Å². The number of nitrogens with one attached hydrogen (secondary N) is 1. The maximum Gasteiger partial charge on any atom is 0.335 e. The van der Waals surface area contributed by atoms with Gasteiger partial charge in [0.05, 0.1) is 12.7 Å². The fourth-order valence-corrected chi connectivity index (χ4v) is 1.45. The predicted molar refractivity (Wildman–Crippen MR) is 73.2 cm³/mol. The van der Waals surface area contributed by atoms with E-state index in [4.69, 9.17) is 14.9 Å². The summed E-state index contributed by atoms with van der Waals surface area (Å²) in [6, 6.07) is 4.09. The molecule has 6 heteroatoms. The van der Waals surface area contributed by atoms with Crippen LogP contribution in [0.15, 0.2) is 18.2 Å². The third-order valence-corrected chi connectivity index (χ3v) is 2.81. The molecule has 3 N–H and O–H groups in total. The molecule has 1 aromatic carbocycles. The highest BCUT2D eigenvalue weighted by molar-refractivity contribution is 5.98. The highest BCUT2D eigenvalue weighted by Gasteiger charge is 2.19. The normalized spacial score (nSPS) is 11.0. The van der Waals surface area contributed by atoms with Gasteiger partial charge < -0.3 is 20.3 Å². The first kappa shape index (κ1) is 16.0. The number of aliphatic hydroxyl groups excluding tert-OH is 1. The first-order valence-electron chi connectivity index (χ1n) is 6.10. The number of methoxy groups -OCH3 is 1. The molecule has 0 atom stereocenters. The first-order valence-corrected chi connectivity index (χ1v) is 6.10. The van der Waals surface area contributed by atoms with Crippen LogP contribution >= 0.6 is 0 Å². The molecule has 1 aromatic rings. The van der Waals surface area contributed by atoms with Crippen LogP contribution in [-0.2, 0) is 0 Å². The van der Waals surface area contributed by atoms with Gasteiger partial charge in [0.15, 0.2) is 0 Å². The van der Waals surface area contributed by atoms with Crippen molar-refractivity contribution in [2.45, 2.75) is 13.8 Å². The van der Waals surface area contributed by atoms with Crippen LogP contribution in [0.4, 0.5) is 0 Å². The van der Waals surface area contributed by atoms with Crippen molar-refractivity contribution in [2.24, 2.45) is 5.41 Å². The maximum atomic E-state index is 12.0. The molecule has 110 valence electrons. The molecular weight excluding hydrogens is 262 g/mol. The average molecular weight is 281 g/mol. The van der Waals surface area contributed by atoms with Crippen molar-refractivity contribution in [3.05, 3.63) is 29.3 Å². The van der Waals surface area contributed by atoms with Crippen LogP contribution in [0, 0.1) is 5.41 Å². The lowest BCUT2D eigenvalue weighted by Crippen LogP contribution is -2.36. The molecule has 0 aliphatic heterocycles. The van der Waals surface area contributed by atoms with Crippen molar-refractivity contribution < 1.29 is 24.5 Å². The molecule has 0 spiro atoms. The Kier molecular flexibility index (Phi) is 5.10. The Bertz CT molecular complexity index is 510. The van der Waals surface area contributed by atoms with Crippen molar-refractivity contribution in [3.8, 4) is 5.75 Å². The van der Waals surface area contributed by atoms with Gasteiger partial charge in [0.25, 0.3) is 5.91 Å². The summed E-state index contributed by atoms with van der Waals surface area (Å²) in [5, 5.41) is 20.8. The minimum absolute atomic E-state index is 0.0177. The van der Waals surface area contributed by atoms with Crippen molar-refractivity contribution in [2.75, 3.05) is 20.3 Å². The molecule has 0 aliphatic rings. The van der Waals surface area contributed by atoms with Gasteiger partial charge >= 0.3 is 5.97 Å². The summed E-state index contributed by atoms with van der Waals surface area (Å²) in [5.41, 5.74) is -0.254. The number of hydrogen-bond donors (Lipinski definition) is 3. The highest BCUT2D eigenvalue weighted by Crippen LogP contribution is 2.18. The molecule has 0 saturated carbocycles. The van der Waals surface area contributed by atoms with E-state index in [1.165, 1.54) is 25.3 Å². The van der Waals surface area contributed by atoms with Gasteiger partial charge in [-0.15, -0.1) is 0 Å². The molecule has 20 heavy (non-hydrogen) atoms. The minimum atomic E-state index is -1.13. The third-order valence-electron chi connectivity index (χ3n) is 2.81. The monoisotopic (exact) mass is 281 g/mol. The molecule has 1 amide bonds. The number of carbonyl (C=O) groups excluding carboxylic acids is 1. The SMILES string of the molecule is COc1cc(C(=O)O)cc(C(=O)NCC(C)(C)CO)c1. The van der Waals surface area contributed by atoms with E-state index in [0.29, 0.717) is 5.75 Å². The van der Waals surface area contributed by atoms with Gasteiger partial charge in [-0.2, -0.15) is 0 Å². The van der Waals surface area contributed by atoms with Crippen molar-refractivity contribution >= 4 is 11.9 Å². The summed E-state index contributed by atoms with van der Waals surface area (Å²) in [7, 11) is 1.40. The molecule has 0 aromatic heterocycles. The van der Waals surface area contributed by atoms with E-state index in [2.05, 4.69) is 5.32 Å². The van der Waals surface area contributed by atoms with Crippen molar-refractivity contribution in [1.82, 2.24) is 5.32 Å². The molecule has 1 rings (SSSR count). The molecule has 0 fully saturated rings. The minimum Gasteiger partial charge on any atom is -0.497 e. The van der Waals surface area contributed by atoms with Crippen molar-refractivity contribution in [1.29, 1.82) is 0 Å². The summed E-state index contributed by atoms with van der Waals surface area (Å²) in [6.45, 7) is 3.83. The molecule has 0 bridgehead atoms. The Hall–Kier alpha value is -2.08. The van der Waals surface area contributed by atoms with E-state index < -0.39 is 17.3 Å². The Morgan fingerprint density at radius 1 is 1.25 bits per heavy atom. The van der Waals surface area contributed by atoms with E-state index in [-0.39, 0.29) is 24.3 Å². The Labute approximate surface area is 117 Å². The molecular formula is C14H19NO5. The second kappa shape index (κ2) is 6.38. The van der Waals surface area contributed by atoms with Crippen LogP contribution in [0.3, 0.4) is 0 Å². The summed E-state index contributed by atoms with van der Waals surface area (Å²) in [6.07, 6.45) is 0.